The third-order valence-corrected chi connectivity index (χ3v) is 2.98. The van der Waals surface area contributed by atoms with Gasteiger partial charge in [-0.25, -0.2) is 14.7 Å². The third kappa shape index (κ3) is 3.59. The van der Waals surface area contributed by atoms with Crippen LogP contribution in [-0.2, 0) is 4.74 Å². The van der Waals surface area contributed by atoms with Crippen molar-refractivity contribution < 1.29 is 9.53 Å². The number of hydrogen-bond donors (Lipinski definition) is 2. The number of H-pyrrole nitrogens is 2. The molecule has 1 atom stereocenters. The molecule has 1 aliphatic rings. The zero-order chi connectivity index (χ0) is 14.0. The molecule has 0 aliphatic carbocycles. The summed E-state index contributed by atoms with van der Waals surface area (Å²) < 4.78 is 5.35. The zero-order valence-electron chi connectivity index (χ0n) is 11.5. The van der Waals surface area contributed by atoms with E-state index in [1.54, 1.807) is 4.90 Å². The van der Waals surface area contributed by atoms with Gasteiger partial charge < -0.3 is 9.64 Å². The molecular weight excluding hydrogens is 248 g/mol. The van der Waals surface area contributed by atoms with Gasteiger partial charge in [0.25, 0.3) is 0 Å². The Labute approximate surface area is 111 Å². The number of rotatable bonds is 1. The molecule has 1 aromatic heterocycles. The summed E-state index contributed by atoms with van der Waals surface area (Å²) in [4.78, 5) is 27.4. The lowest BCUT2D eigenvalue weighted by Crippen LogP contribution is -2.42. The largest absolute Gasteiger partial charge is 0.444 e. The molecular formula is C12H20N4O3. The lowest BCUT2D eigenvalue weighted by molar-refractivity contribution is 0.0196. The van der Waals surface area contributed by atoms with Crippen molar-refractivity contribution >= 4 is 6.09 Å². The van der Waals surface area contributed by atoms with Crippen molar-refractivity contribution in [3.05, 3.63) is 16.3 Å². The Morgan fingerprint density at radius 1 is 1.47 bits per heavy atom. The number of nitrogens with one attached hydrogen (secondary N) is 2. The topological polar surface area (TPSA) is 91.1 Å². The molecule has 2 N–H and O–H groups in total. The van der Waals surface area contributed by atoms with Gasteiger partial charge in [-0.1, -0.05) is 0 Å². The number of amides is 1. The minimum atomic E-state index is -0.495. The lowest BCUT2D eigenvalue weighted by Gasteiger charge is -2.33. The van der Waals surface area contributed by atoms with Crippen LogP contribution in [0.4, 0.5) is 4.79 Å². The van der Waals surface area contributed by atoms with Gasteiger partial charge in [-0.3, -0.25) is 4.98 Å². The molecule has 1 unspecified atom stereocenters. The maximum absolute atomic E-state index is 12.0. The van der Waals surface area contributed by atoms with Crippen molar-refractivity contribution in [1.29, 1.82) is 0 Å². The fourth-order valence-electron chi connectivity index (χ4n) is 2.17. The van der Waals surface area contributed by atoms with E-state index in [0.29, 0.717) is 18.9 Å². The van der Waals surface area contributed by atoms with Crippen LogP contribution in [0.15, 0.2) is 4.79 Å². The molecule has 0 spiro atoms. The van der Waals surface area contributed by atoms with E-state index >= 15 is 0 Å². The SMILES string of the molecule is CC(C)(C)OC(=O)N1CCCC(c2n[nH]c(=O)[nH]2)C1. The molecule has 1 fully saturated rings. The van der Waals surface area contributed by atoms with Gasteiger partial charge in [0.05, 0.1) is 0 Å². The van der Waals surface area contributed by atoms with E-state index in [4.69, 9.17) is 4.74 Å². The van der Waals surface area contributed by atoms with E-state index in [1.165, 1.54) is 0 Å². The molecule has 1 saturated heterocycles. The highest BCUT2D eigenvalue weighted by molar-refractivity contribution is 5.68. The molecule has 19 heavy (non-hydrogen) atoms. The van der Waals surface area contributed by atoms with Gasteiger partial charge in [-0.05, 0) is 33.6 Å². The molecule has 1 amide bonds. The van der Waals surface area contributed by atoms with Crippen molar-refractivity contribution in [1.82, 2.24) is 20.1 Å². The predicted molar refractivity (Wildman–Crippen MR) is 69.0 cm³/mol. The number of hydrogen-bond acceptors (Lipinski definition) is 4. The van der Waals surface area contributed by atoms with Crippen LogP contribution in [0.2, 0.25) is 0 Å². The maximum Gasteiger partial charge on any atom is 0.410 e. The van der Waals surface area contributed by atoms with E-state index < -0.39 is 5.60 Å². The molecule has 0 aromatic carbocycles. The number of piperidine rings is 1. The maximum atomic E-state index is 12.0. The van der Waals surface area contributed by atoms with Gasteiger partial charge in [-0.15, -0.1) is 0 Å². The molecule has 1 aliphatic heterocycles. The normalized spacial score (nSPS) is 20.4. The van der Waals surface area contributed by atoms with E-state index in [2.05, 4.69) is 15.2 Å². The number of aromatic nitrogens is 3. The molecule has 106 valence electrons. The summed E-state index contributed by atoms with van der Waals surface area (Å²) in [6.45, 7) is 6.74. The number of aromatic amines is 2. The van der Waals surface area contributed by atoms with Crippen LogP contribution < -0.4 is 5.69 Å². The first-order chi connectivity index (χ1) is 8.85. The predicted octanol–water partition coefficient (Wildman–Crippen LogP) is 1.21. The van der Waals surface area contributed by atoms with Crippen LogP contribution in [-0.4, -0.2) is 44.9 Å². The summed E-state index contributed by atoms with van der Waals surface area (Å²) >= 11 is 0. The Bertz CT molecular complexity index is 500. The first-order valence-corrected chi connectivity index (χ1v) is 6.47. The Hall–Kier alpha value is -1.79. The second kappa shape index (κ2) is 5.07. The number of likely N-dealkylation sites (tertiary alicyclic amines) is 1. The molecule has 7 heteroatoms. The molecule has 0 bridgehead atoms. The quantitative estimate of drug-likeness (QED) is 0.801. The summed E-state index contributed by atoms with van der Waals surface area (Å²) in [5, 5.41) is 6.29. The Kier molecular flexibility index (Phi) is 3.64. The monoisotopic (exact) mass is 268 g/mol. The summed E-state index contributed by atoms with van der Waals surface area (Å²) in [7, 11) is 0. The highest BCUT2D eigenvalue weighted by Crippen LogP contribution is 2.24. The molecule has 7 nitrogen and oxygen atoms in total. The van der Waals surface area contributed by atoms with Gasteiger partial charge >= 0.3 is 11.8 Å². The first kappa shape index (κ1) is 13.6. The van der Waals surface area contributed by atoms with Crippen LogP contribution in [0.5, 0.6) is 0 Å². The van der Waals surface area contributed by atoms with Gasteiger partial charge in [-0.2, -0.15) is 5.10 Å². The summed E-state index contributed by atoms with van der Waals surface area (Å²) in [6.07, 6.45) is 1.47. The van der Waals surface area contributed by atoms with Crippen molar-refractivity contribution in [2.75, 3.05) is 13.1 Å². The van der Waals surface area contributed by atoms with E-state index in [0.717, 1.165) is 12.8 Å². The number of ether oxygens (including phenoxy) is 1. The van der Waals surface area contributed by atoms with Crippen LogP contribution in [0.25, 0.3) is 0 Å². The van der Waals surface area contributed by atoms with Crippen LogP contribution in [0.1, 0.15) is 45.4 Å². The molecule has 2 heterocycles. The highest BCUT2D eigenvalue weighted by atomic mass is 16.6. The number of nitrogens with zero attached hydrogens (tertiary/aromatic N) is 2. The number of carbonyl (C=O) groups excluding carboxylic acids is 1. The molecule has 0 saturated carbocycles. The Morgan fingerprint density at radius 3 is 2.79 bits per heavy atom. The summed E-state index contributed by atoms with van der Waals surface area (Å²) in [5.74, 6) is 0.665. The van der Waals surface area contributed by atoms with Crippen LogP contribution in [0.3, 0.4) is 0 Å². The van der Waals surface area contributed by atoms with Gasteiger partial charge in [0.2, 0.25) is 0 Å². The second-order valence-electron chi connectivity index (χ2n) is 5.83. The Balaban J connectivity index is 2.01. The van der Waals surface area contributed by atoms with E-state index in [-0.39, 0.29) is 17.7 Å². The smallest absolute Gasteiger partial charge is 0.410 e. The Morgan fingerprint density at radius 2 is 2.21 bits per heavy atom. The van der Waals surface area contributed by atoms with Crippen LogP contribution >= 0.6 is 0 Å². The standard InChI is InChI=1S/C12H20N4O3/c1-12(2,3)19-11(18)16-6-4-5-8(7-16)9-13-10(17)15-14-9/h8H,4-7H2,1-3H3,(H2,13,14,15,17). The third-order valence-electron chi connectivity index (χ3n) is 2.98. The van der Waals surface area contributed by atoms with Crippen LogP contribution in [0, 0.1) is 0 Å². The van der Waals surface area contributed by atoms with Crippen molar-refractivity contribution in [2.45, 2.75) is 45.1 Å². The van der Waals surface area contributed by atoms with Gasteiger partial charge in [0, 0.05) is 19.0 Å². The van der Waals surface area contributed by atoms with Crippen molar-refractivity contribution in [3.63, 3.8) is 0 Å². The van der Waals surface area contributed by atoms with Gasteiger partial charge in [0.15, 0.2) is 0 Å². The van der Waals surface area contributed by atoms with Crippen molar-refractivity contribution in [2.24, 2.45) is 0 Å². The van der Waals surface area contributed by atoms with E-state index in [9.17, 15) is 9.59 Å². The average molecular weight is 268 g/mol. The highest BCUT2D eigenvalue weighted by Gasteiger charge is 2.29. The number of carbonyl (C=O) groups is 1. The molecule has 1 aromatic rings. The fraction of sp³-hybridized carbons (Fsp3) is 0.750. The summed E-state index contributed by atoms with van der Waals surface area (Å²) in [5.41, 5.74) is -0.811. The minimum Gasteiger partial charge on any atom is -0.444 e. The fourth-order valence-corrected chi connectivity index (χ4v) is 2.17. The first-order valence-electron chi connectivity index (χ1n) is 6.47. The van der Waals surface area contributed by atoms with Crippen molar-refractivity contribution in [3.8, 4) is 0 Å². The molecule has 0 radical (unpaired) electrons. The average Bonchev–Trinajstić information content (AvgIpc) is 2.74. The van der Waals surface area contributed by atoms with Gasteiger partial charge in [0.1, 0.15) is 11.4 Å². The summed E-state index contributed by atoms with van der Waals surface area (Å²) in [6, 6.07) is 0. The van der Waals surface area contributed by atoms with E-state index in [1.807, 2.05) is 20.8 Å². The minimum absolute atomic E-state index is 0.0558. The zero-order valence-corrected chi connectivity index (χ0v) is 11.5. The molecule has 2 rings (SSSR count). The second-order valence-corrected chi connectivity index (χ2v) is 5.83. The lowest BCUT2D eigenvalue weighted by atomic mass is 9.98.